The van der Waals surface area contributed by atoms with Crippen LogP contribution in [0.4, 0.5) is 8.78 Å². The molecule has 3 aliphatic rings. The molecule has 0 spiro atoms. The predicted molar refractivity (Wildman–Crippen MR) is 61.9 cm³/mol. The lowest BCUT2D eigenvalue weighted by Crippen LogP contribution is -2.51. The van der Waals surface area contributed by atoms with E-state index >= 15 is 0 Å². The van der Waals surface area contributed by atoms with E-state index in [-0.39, 0.29) is 6.42 Å². The Labute approximate surface area is 123 Å². The third kappa shape index (κ3) is 1.92. The van der Waals surface area contributed by atoms with Crippen LogP contribution in [0, 0.1) is 0 Å². The number of fused-ring (bicyclic) bond motifs is 1. The van der Waals surface area contributed by atoms with Crippen LogP contribution in [0.3, 0.4) is 0 Å². The van der Waals surface area contributed by atoms with Crippen molar-refractivity contribution < 1.29 is 48.6 Å². The topological polar surface area (TPSA) is 133 Å². The van der Waals surface area contributed by atoms with E-state index < -0.39 is 60.6 Å². The van der Waals surface area contributed by atoms with Crippen molar-refractivity contribution in [3.8, 4) is 0 Å². The van der Waals surface area contributed by atoms with Gasteiger partial charge < -0.3 is 9.47 Å². The largest absolute Gasteiger partial charge is 0.465 e. The van der Waals surface area contributed by atoms with Gasteiger partial charge in [-0.15, -0.1) is 0 Å². The fourth-order valence-corrected chi connectivity index (χ4v) is 5.17. The predicted octanol–water partition coefficient (Wildman–Crippen LogP) is -0.963. The van der Waals surface area contributed by atoms with Crippen molar-refractivity contribution in [1.29, 1.82) is 0 Å². The lowest BCUT2D eigenvalue weighted by Gasteiger charge is -2.30. The quantitative estimate of drug-likeness (QED) is 0.382. The molecule has 1 N–H and O–H groups in total. The van der Waals surface area contributed by atoms with Crippen molar-refractivity contribution in [3.05, 3.63) is 0 Å². The highest BCUT2D eigenvalue weighted by molar-refractivity contribution is 7.88. The Bertz CT molecular complexity index is 741. The minimum atomic E-state index is -6.05. The van der Waals surface area contributed by atoms with Crippen LogP contribution < -0.4 is 0 Å². The van der Waals surface area contributed by atoms with E-state index in [0.29, 0.717) is 0 Å². The number of hydrogen-bond acceptors (Lipinski definition) is 8. The van der Waals surface area contributed by atoms with Gasteiger partial charge in [0.2, 0.25) is 0 Å². The van der Waals surface area contributed by atoms with Gasteiger partial charge in [-0.05, 0) is 6.92 Å². The Morgan fingerprint density at radius 3 is 2.59 bits per heavy atom. The first-order valence-electron chi connectivity index (χ1n) is 5.95. The highest BCUT2D eigenvalue weighted by Gasteiger charge is 2.73. The Balaban J connectivity index is 1.92. The summed E-state index contributed by atoms with van der Waals surface area (Å²) >= 11 is 0. The summed E-state index contributed by atoms with van der Waals surface area (Å²) < 4.78 is 94.0. The van der Waals surface area contributed by atoms with Gasteiger partial charge >= 0.3 is 21.3 Å². The van der Waals surface area contributed by atoms with Crippen LogP contribution in [-0.4, -0.2) is 61.8 Å². The maximum Gasteiger partial charge on any atom is 0.465 e. The molecule has 9 nitrogen and oxygen atoms in total. The molecule has 3 saturated heterocycles. The zero-order chi connectivity index (χ0) is 16.7. The van der Waals surface area contributed by atoms with E-state index in [0.717, 1.165) is 0 Å². The molecule has 0 amide bonds. The summed E-state index contributed by atoms with van der Waals surface area (Å²) in [4.78, 5) is 11.4. The van der Waals surface area contributed by atoms with Gasteiger partial charge in [0.1, 0.15) is 17.8 Å². The maximum absolute atomic E-state index is 13.2. The molecule has 5 unspecified atom stereocenters. The van der Waals surface area contributed by atoms with Crippen molar-refractivity contribution in [2.45, 2.75) is 47.8 Å². The third-order valence-electron chi connectivity index (χ3n) is 3.99. The van der Waals surface area contributed by atoms with Gasteiger partial charge in [0.15, 0.2) is 11.4 Å². The summed E-state index contributed by atoms with van der Waals surface area (Å²) in [6.45, 7) is 1.34. The van der Waals surface area contributed by atoms with Crippen molar-refractivity contribution in [2.75, 3.05) is 0 Å². The summed E-state index contributed by atoms with van der Waals surface area (Å²) in [5.74, 6) is -2.57. The van der Waals surface area contributed by atoms with E-state index in [4.69, 9.17) is 13.5 Å². The number of carbonyl (C=O) groups is 1. The summed E-state index contributed by atoms with van der Waals surface area (Å²) in [6, 6.07) is 0. The second-order valence-corrected chi connectivity index (χ2v) is 8.69. The Morgan fingerprint density at radius 1 is 1.45 bits per heavy atom. The van der Waals surface area contributed by atoms with Gasteiger partial charge in [-0.1, -0.05) is 0 Å². The molecule has 0 radical (unpaired) electrons. The normalized spacial score (nSPS) is 42.5. The molecule has 2 bridgehead atoms. The number of alkyl halides is 2. The van der Waals surface area contributed by atoms with Crippen molar-refractivity contribution in [3.63, 3.8) is 0 Å². The summed E-state index contributed by atoms with van der Waals surface area (Å²) in [5, 5.41) is -6.73. The second kappa shape index (κ2) is 4.14. The third-order valence-corrected chi connectivity index (χ3v) is 6.50. The molecule has 13 heteroatoms. The monoisotopic (exact) mass is 364 g/mol. The Kier molecular flexibility index (Phi) is 3.01. The first-order valence-corrected chi connectivity index (χ1v) is 8.87. The van der Waals surface area contributed by atoms with Gasteiger partial charge in [-0.3, -0.25) is 8.74 Å². The van der Waals surface area contributed by atoms with Crippen LogP contribution in [0.25, 0.3) is 0 Å². The van der Waals surface area contributed by atoms with Crippen molar-refractivity contribution in [1.82, 2.24) is 0 Å². The summed E-state index contributed by atoms with van der Waals surface area (Å²) in [6.07, 6.45) is -3.46. The lowest BCUT2D eigenvalue weighted by molar-refractivity contribution is -0.174. The maximum atomic E-state index is 13.2. The minimum absolute atomic E-state index is 0.0250. The molecule has 5 atom stereocenters. The smallest absolute Gasteiger partial charge is 0.452 e. The van der Waals surface area contributed by atoms with E-state index in [1.54, 1.807) is 0 Å². The van der Waals surface area contributed by atoms with Gasteiger partial charge in [-0.25, -0.2) is 4.79 Å². The summed E-state index contributed by atoms with van der Waals surface area (Å²) in [7, 11) is -10.3. The Morgan fingerprint density at radius 2 is 2.05 bits per heavy atom. The number of rotatable bonds is 3. The van der Waals surface area contributed by atoms with Gasteiger partial charge in [-0.2, -0.15) is 25.6 Å². The number of hydrogen-bond donors (Lipinski definition) is 1. The number of ether oxygens (including phenoxy) is 2. The zero-order valence-corrected chi connectivity index (χ0v) is 12.4. The van der Waals surface area contributed by atoms with Crippen LogP contribution in [0.15, 0.2) is 0 Å². The molecule has 22 heavy (non-hydrogen) atoms. The average Bonchev–Trinajstić information content (AvgIpc) is 2.82. The molecule has 3 rings (SSSR count). The number of esters is 1. The fraction of sp³-hybridized carbons (Fsp3) is 0.889. The second-order valence-electron chi connectivity index (χ2n) is 5.51. The van der Waals surface area contributed by atoms with Gasteiger partial charge in [0.25, 0.3) is 10.1 Å². The molecule has 3 heterocycles. The molecule has 0 aromatic carbocycles. The molecular formula is C9H10F2O9S2. The molecule has 0 aliphatic carbocycles. The van der Waals surface area contributed by atoms with Crippen LogP contribution in [0.2, 0.25) is 0 Å². The number of carbonyl (C=O) groups excluding carboxylic acids is 1. The Hall–Kier alpha value is -0.890. The fourth-order valence-electron chi connectivity index (χ4n) is 3.05. The van der Waals surface area contributed by atoms with Gasteiger partial charge in [0.05, 0.1) is 0 Å². The van der Waals surface area contributed by atoms with Crippen LogP contribution in [-0.2, 0) is 38.7 Å². The first kappa shape index (κ1) is 16.0. The first-order chi connectivity index (χ1) is 9.80. The van der Waals surface area contributed by atoms with Gasteiger partial charge in [0, 0.05) is 6.42 Å². The van der Waals surface area contributed by atoms with Crippen molar-refractivity contribution in [2.24, 2.45) is 0 Å². The standard InChI is InChI=1S/C9H10F2O9S2/c1-8-2-3-4(19-8)5(21(13,14)20-3)6(8)18-7(12)9(10,11)22(15,16)17/h3-6H,2H2,1H3,(H,15,16,17). The minimum Gasteiger partial charge on any atom is -0.452 e. The van der Waals surface area contributed by atoms with E-state index in [2.05, 4.69) is 4.74 Å². The van der Waals surface area contributed by atoms with Crippen molar-refractivity contribution >= 4 is 26.2 Å². The van der Waals surface area contributed by atoms with Crippen LogP contribution >= 0.6 is 0 Å². The van der Waals surface area contributed by atoms with Crippen LogP contribution in [0.1, 0.15) is 13.3 Å². The van der Waals surface area contributed by atoms with E-state index in [9.17, 15) is 30.4 Å². The summed E-state index contributed by atoms with van der Waals surface area (Å²) in [5.41, 5.74) is -1.39. The van der Waals surface area contributed by atoms with E-state index in [1.807, 2.05) is 0 Å². The molecular weight excluding hydrogens is 354 g/mol. The molecule has 3 aliphatic heterocycles. The highest BCUT2D eigenvalue weighted by atomic mass is 32.2. The molecule has 126 valence electrons. The lowest BCUT2D eigenvalue weighted by atomic mass is 9.85. The molecule has 0 saturated carbocycles. The molecule has 0 aromatic heterocycles. The van der Waals surface area contributed by atoms with Crippen LogP contribution in [0.5, 0.6) is 0 Å². The highest BCUT2D eigenvalue weighted by Crippen LogP contribution is 2.54. The average molecular weight is 364 g/mol. The SMILES string of the molecule is CC12CC3OS(=O)(=O)C(C3O1)C2OC(=O)C(F)(F)S(=O)(=O)O. The van der Waals surface area contributed by atoms with E-state index in [1.165, 1.54) is 6.92 Å². The molecule has 3 fully saturated rings. The zero-order valence-electron chi connectivity index (χ0n) is 10.8. The number of halogens is 2. The molecule has 0 aromatic rings.